The Labute approximate surface area is 167 Å². The number of guanidine groups is 1. The quantitative estimate of drug-likeness (QED) is 0.288. The molecule has 0 bridgehead atoms. The molecule has 10 heteroatoms. The number of aliphatic imine (C=N–C) groups is 1. The highest BCUT2D eigenvalue weighted by molar-refractivity contribution is 14.0. The fraction of sp³-hybridized carbons (Fsp3) is 0.500. The topological polar surface area (TPSA) is 72.0 Å². The molecule has 148 valence electrons. The SMILES string of the molecule is CN=C(NCC(=O)OC(C)(C)C)NCc1ccccc1OC(F)(F)F.I. The van der Waals surface area contributed by atoms with Crippen LogP contribution in [0.15, 0.2) is 29.3 Å². The smallest absolute Gasteiger partial charge is 0.459 e. The van der Waals surface area contributed by atoms with E-state index in [1.54, 1.807) is 26.8 Å². The largest absolute Gasteiger partial charge is 0.573 e. The Hall–Kier alpha value is -1.72. The Bertz CT molecular complexity index is 617. The second-order valence-electron chi connectivity index (χ2n) is 6.02. The third kappa shape index (κ3) is 10.3. The third-order valence-electron chi connectivity index (χ3n) is 2.69. The van der Waals surface area contributed by atoms with Crippen molar-refractivity contribution >= 4 is 35.9 Å². The number of esters is 1. The van der Waals surface area contributed by atoms with E-state index >= 15 is 0 Å². The maximum Gasteiger partial charge on any atom is 0.573 e. The van der Waals surface area contributed by atoms with Crippen LogP contribution in [0, 0.1) is 0 Å². The molecule has 0 spiro atoms. The lowest BCUT2D eigenvalue weighted by Crippen LogP contribution is -2.41. The van der Waals surface area contributed by atoms with E-state index in [0.29, 0.717) is 5.56 Å². The van der Waals surface area contributed by atoms with E-state index in [0.717, 1.165) is 0 Å². The summed E-state index contributed by atoms with van der Waals surface area (Å²) in [5, 5.41) is 5.54. The van der Waals surface area contributed by atoms with Crippen molar-refractivity contribution in [2.45, 2.75) is 39.3 Å². The minimum absolute atomic E-state index is 0. The van der Waals surface area contributed by atoms with Gasteiger partial charge in [-0.1, -0.05) is 18.2 Å². The first-order valence-electron chi connectivity index (χ1n) is 7.50. The Morgan fingerprint density at radius 1 is 1.15 bits per heavy atom. The predicted octanol–water partition coefficient (Wildman–Crippen LogP) is 3.21. The van der Waals surface area contributed by atoms with E-state index in [1.807, 2.05) is 0 Å². The molecule has 2 N–H and O–H groups in total. The zero-order valence-corrected chi connectivity index (χ0v) is 17.3. The van der Waals surface area contributed by atoms with Crippen LogP contribution in [0.2, 0.25) is 0 Å². The third-order valence-corrected chi connectivity index (χ3v) is 2.69. The maximum absolute atomic E-state index is 12.4. The highest BCUT2D eigenvalue weighted by Crippen LogP contribution is 2.25. The van der Waals surface area contributed by atoms with Crippen molar-refractivity contribution < 1.29 is 27.4 Å². The number of nitrogens with one attached hydrogen (secondary N) is 2. The molecular weight excluding hydrogens is 466 g/mol. The molecule has 0 fully saturated rings. The second kappa shape index (κ2) is 10.4. The Balaban J connectivity index is 0.00000625. The molecule has 1 aromatic rings. The molecule has 0 saturated heterocycles. The summed E-state index contributed by atoms with van der Waals surface area (Å²) >= 11 is 0. The van der Waals surface area contributed by atoms with Crippen molar-refractivity contribution in [3.05, 3.63) is 29.8 Å². The van der Waals surface area contributed by atoms with Crippen molar-refractivity contribution in [2.24, 2.45) is 4.99 Å². The van der Waals surface area contributed by atoms with Gasteiger partial charge in [0.25, 0.3) is 0 Å². The molecule has 0 aliphatic carbocycles. The molecular formula is C16H23F3IN3O3. The van der Waals surface area contributed by atoms with Gasteiger partial charge in [-0.3, -0.25) is 9.79 Å². The zero-order chi connectivity index (χ0) is 19.1. The summed E-state index contributed by atoms with van der Waals surface area (Å²) in [6, 6.07) is 5.76. The fourth-order valence-electron chi connectivity index (χ4n) is 1.81. The van der Waals surface area contributed by atoms with Crippen molar-refractivity contribution in [1.29, 1.82) is 0 Å². The predicted molar refractivity (Wildman–Crippen MR) is 103 cm³/mol. The molecule has 1 aromatic carbocycles. The molecule has 0 unspecified atom stereocenters. The summed E-state index contributed by atoms with van der Waals surface area (Å²) in [5.74, 6) is -0.533. The monoisotopic (exact) mass is 489 g/mol. The van der Waals surface area contributed by atoms with Gasteiger partial charge < -0.3 is 20.1 Å². The Morgan fingerprint density at radius 2 is 1.77 bits per heavy atom. The molecule has 0 amide bonds. The first-order valence-corrected chi connectivity index (χ1v) is 7.50. The first kappa shape index (κ1) is 24.3. The van der Waals surface area contributed by atoms with Crippen LogP contribution in [0.3, 0.4) is 0 Å². The van der Waals surface area contributed by atoms with Crippen LogP contribution in [0.25, 0.3) is 0 Å². The van der Waals surface area contributed by atoms with E-state index in [4.69, 9.17) is 4.74 Å². The first-order chi connectivity index (χ1) is 11.5. The number of nitrogens with zero attached hydrogens (tertiary/aromatic N) is 1. The van der Waals surface area contributed by atoms with Gasteiger partial charge in [0.15, 0.2) is 5.96 Å². The van der Waals surface area contributed by atoms with Gasteiger partial charge in [0.1, 0.15) is 17.9 Å². The van der Waals surface area contributed by atoms with E-state index in [1.165, 1.54) is 25.2 Å². The average molecular weight is 489 g/mol. The van der Waals surface area contributed by atoms with Gasteiger partial charge in [-0.25, -0.2) is 0 Å². The summed E-state index contributed by atoms with van der Waals surface area (Å²) < 4.78 is 46.3. The summed E-state index contributed by atoms with van der Waals surface area (Å²) in [5.41, 5.74) is -0.316. The fourth-order valence-corrected chi connectivity index (χ4v) is 1.81. The maximum atomic E-state index is 12.4. The van der Waals surface area contributed by atoms with Gasteiger partial charge in [-0.05, 0) is 26.8 Å². The number of carbonyl (C=O) groups excluding carboxylic acids is 1. The molecule has 26 heavy (non-hydrogen) atoms. The molecule has 0 radical (unpaired) electrons. The van der Waals surface area contributed by atoms with Gasteiger partial charge in [0, 0.05) is 19.2 Å². The average Bonchev–Trinajstić information content (AvgIpc) is 2.45. The second-order valence-corrected chi connectivity index (χ2v) is 6.02. The van der Waals surface area contributed by atoms with Crippen LogP contribution in [0.4, 0.5) is 13.2 Å². The number of hydrogen-bond donors (Lipinski definition) is 2. The summed E-state index contributed by atoms with van der Waals surface area (Å²) in [4.78, 5) is 15.6. The standard InChI is InChI=1S/C16H22F3N3O3.HI/c1-15(2,3)25-13(23)10-22-14(20-4)21-9-11-7-5-6-8-12(11)24-16(17,18)19;/h5-8H,9-10H2,1-4H3,(H2,20,21,22);1H. The number of halogens is 4. The number of rotatable bonds is 5. The number of ether oxygens (including phenoxy) is 2. The van der Waals surface area contributed by atoms with Crippen molar-refractivity contribution in [2.75, 3.05) is 13.6 Å². The van der Waals surface area contributed by atoms with Gasteiger partial charge in [0.2, 0.25) is 0 Å². The number of alkyl halides is 3. The molecule has 0 aliphatic rings. The van der Waals surface area contributed by atoms with Gasteiger partial charge in [-0.15, -0.1) is 37.1 Å². The summed E-state index contributed by atoms with van der Waals surface area (Å²) in [7, 11) is 1.47. The van der Waals surface area contributed by atoms with Crippen LogP contribution in [-0.2, 0) is 16.1 Å². The molecule has 1 rings (SSSR count). The minimum Gasteiger partial charge on any atom is -0.459 e. The number of para-hydroxylation sites is 1. The van der Waals surface area contributed by atoms with E-state index in [9.17, 15) is 18.0 Å². The van der Waals surface area contributed by atoms with E-state index in [-0.39, 0.29) is 48.8 Å². The molecule has 0 atom stereocenters. The highest BCUT2D eigenvalue weighted by Gasteiger charge is 2.31. The lowest BCUT2D eigenvalue weighted by Gasteiger charge is -2.20. The summed E-state index contributed by atoms with van der Waals surface area (Å²) in [6.07, 6.45) is -4.77. The Morgan fingerprint density at radius 3 is 2.31 bits per heavy atom. The molecule has 0 heterocycles. The lowest BCUT2D eigenvalue weighted by molar-refractivity contribution is -0.274. The van der Waals surface area contributed by atoms with Gasteiger partial charge >= 0.3 is 12.3 Å². The normalized spacial score (nSPS) is 12.0. The summed E-state index contributed by atoms with van der Waals surface area (Å²) in [6.45, 7) is 5.14. The highest BCUT2D eigenvalue weighted by atomic mass is 127. The van der Waals surface area contributed by atoms with Crippen LogP contribution in [0.1, 0.15) is 26.3 Å². The molecule has 0 saturated carbocycles. The number of carbonyl (C=O) groups is 1. The van der Waals surface area contributed by atoms with Crippen LogP contribution >= 0.6 is 24.0 Å². The van der Waals surface area contributed by atoms with Crippen molar-refractivity contribution in [3.63, 3.8) is 0 Å². The van der Waals surface area contributed by atoms with Gasteiger partial charge in [0.05, 0.1) is 0 Å². The van der Waals surface area contributed by atoms with Crippen LogP contribution in [-0.4, -0.2) is 37.5 Å². The van der Waals surface area contributed by atoms with E-state index in [2.05, 4.69) is 20.4 Å². The number of benzene rings is 1. The molecule has 0 aliphatic heterocycles. The molecule has 0 aromatic heterocycles. The van der Waals surface area contributed by atoms with Crippen molar-refractivity contribution in [1.82, 2.24) is 10.6 Å². The molecule has 6 nitrogen and oxygen atoms in total. The van der Waals surface area contributed by atoms with E-state index < -0.39 is 17.9 Å². The Kier molecular flexibility index (Phi) is 9.74. The van der Waals surface area contributed by atoms with Crippen LogP contribution in [0.5, 0.6) is 5.75 Å². The van der Waals surface area contributed by atoms with Crippen LogP contribution < -0.4 is 15.4 Å². The zero-order valence-electron chi connectivity index (χ0n) is 14.9. The van der Waals surface area contributed by atoms with Crippen molar-refractivity contribution in [3.8, 4) is 5.75 Å². The van der Waals surface area contributed by atoms with Gasteiger partial charge in [-0.2, -0.15) is 0 Å². The minimum atomic E-state index is -4.77. The lowest BCUT2D eigenvalue weighted by atomic mass is 10.2. The number of hydrogen-bond acceptors (Lipinski definition) is 4.